The molecule has 0 N–H and O–H groups in total. The van der Waals surface area contributed by atoms with Gasteiger partial charge in [0.05, 0.1) is 23.9 Å². The van der Waals surface area contributed by atoms with Crippen LogP contribution >= 0.6 is 23.1 Å². The van der Waals surface area contributed by atoms with Crippen molar-refractivity contribution in [1.29, 1.82) is 0 Å². The lowest BCUT2D eigenvalue weighted by molar-refractivity contribution is 0.382. The van der Waals surface area contributed by atoms with Crippen LogP contribution in [-0.2, 0) is 25.1 Å². The van der Waals surface area contributed by atoms with Crippen LogP contribution in [0.5, 0.6) is 0 Å². The minimum atomic E-state index is 0.00403. The monoisotopic (exact) mass is 456 g/mol. The molecule has 0 aromatic carbocycles. The van der Waals surface area contributed by atoms with E-state index < -0.39 is 0 Å². The van der Waals surface area contributed by atoms with Crippen LogP contribution in [0, 0.1) is 5.92 Å². The number of aryl methyl sites for hydroxylation is 1. The fourth-order valence-corrected chi connectivity index (χ4v) is 6.16. The second-order valence-electron chi connectivity index (χ2n) is 8.39. The van der Waals surface area contributed by atoms with Gasteiger partial charge in [0.25, 0.3) is 5.56 Å². The Morgan fingerprint density at radius 3 is 2.97 bits per heavy atom. The summed E-state index contributed by atoms with van der Waals surface area (Å²) in [6.45, 7) is 6.67. The summed E-state index contributed by atoms with van der Waals surface area (Å²) in [5, 5.41) is 5.45. The Kier molecular flexibility index (Phi) is 5.47. The molecule has 5 rings (SSSR count). The maximum absolute atomic E-state index is 13.6. The smallest absolute Gasteiger partial charge is 0.263 e. The Morgan fingerprint density at radius 1 is 1.35 bits per heavy atom. The van der Waals surface area contributed by atoms with E-state index in [1.165, 1.54) is 22.2 Å². The molecule has 1 aliphatic carbocycles. The molecule has 0 spiro atoms. The van der Waals surface area contributed by atoms with Gasteiger partial charge in [-0.3, -0.25) is 9.36 Å². The first-order valence-corrected chi connectivity index (χ1v) is 12.3. The summed E-state index contributed by atoms with van der Waals surface area (Å²) < 4.78 is 12.6. The highest BCUT2D eigenvalue weighted by Crippen LogP contribution is 2.37. The zero-order valence-electron chi connectivity index (χ0n) is 17.8. The van der Waals surface area contributed by atoms with Gasteiger partial charge in [0.1, 0.15) is 10.6 Å². The van der Waals surface area contributed by atoms with Gasteiger partial charge >= 0.3 is 0 Å². The highest BCUT2D eigenvalue weighted by molar-refractivity contribution is 7.98. The molecule has 1 unspecified atom stereocenters. The number of furan rings is 1. The number of aromatic nitrogens is 4. The number of fused-ring (bicyclic) bond motifs is 3. The zero-order chi connectivity index (χ0) is 21.5. The number of hydrogen-bond acceptors (Lipinski definition) is 8. The molecule has 7 nitrogen and oxygen atoms in total. The minimum Gasteiger partial charge on any atom is -0.467 e. The highest BCUT2D eigenvalue weighted by atomic mass is 32.2. The van der Waals surface area contributed by atoms with Gasteiger partial charge in [-0.2, -0.15) is 4.98 Å². The zero-order valence-corrected chi connectivity index (χ0v) is 19.4. The van der Waals surface area contributed by atoms with E-state index in [9.17, 15) is 4.79 Å². The van der Waals surface area contributed by atoms with Gasteiger partial charge < -0.3 is 8.94 Å². The van der Waals surface area contributed by atoms with Crippen LogP contribution < -0.4 is 5.56 Å². The molecular formula is C22H24N4O3S2. The summed E-state index contributed by atoms with van der Waals surface area (Å²) >= 11 is 3.11. The lowest BCUT2D eigenvalue weighted by Gasteiger charge is -2.17. The summed E-state index contributed by atoms with van der Waals surface area (Å²) in [7, 11) is 0. The molecule has 0 aliphatic heterocycles. The quantitative estimate of drug-likeness (QED) is 0.297. The van der Waals surface area contributed by atoms with Crippen molar-refractivity contribution in [3.63, 3.8) is 0 Å². The highest BCUT2D eigenvalue weighted by Gasteiger charge is 2.25. The van der Waals surface area contributed by atoms with Crippen LogP contribution in [0.25, 0.3) is 10.2 Å². The Hall–Kier alpha value is -2.39. The van der Waals surface area contributed by atoms with Crippen LogP contribution in [0.3, 0.4) is 0 Å². The van der Waals surface area contributed by atoms with Gasteiger partial charge in [0.15, 0.2) is 11.0 Å². The largest absolute Gasteiger partial charge is 0.467 e. The van der Waals surface area contributed by atoms with Crippen molar-refractivity contribution < 1.29 is 8.94 Å². The summed E-state index contributed by atoms with van der Waals surface area (Å²) in [5.74, 6) is 3.25. The van der Waals surface area contributed by atoms with Gasteiger partial charge in [-0.25, -0.2) is 4.98 Å². The Morgan fingerprint density at radius 2 is 2.23 bits per heavy atom. The van der Waals surface area contributed by atoms with E-state index in [-0.39, 0.29) is 11.5 Å². The van der Waals surface area contributed by atoms with Crippen molar-refractivity contribution in [2.75, 3.05) is 0 Å². The third-order valence-electron chi connectivity index (χ3n) is 5.60. The van der Waals surface area contributed by atoms with E-state index in [2.05, 4.69) is 17.1 Å². The molecule has 0 radical (unpaired) electrons. The average Bonchev–Trinajstić information content (AvgIpc) is 3.47. The van der Waals surface area contributed by atoms with Crippen LogP contribution in [0.2, 0.25) is 0 Å². The first-order chi connectivity index (χ1) is 15.0. The molecule has 4 aromatic rings. The van der Waals surface area contributed by atoms with Crippen LogP contribution in [-0.4, -0.2) is 19.7 Å². The molecule has 1 aliphatic rings. The molecule has 0 bridgehead atoms. The van der Waals surface area contributed by atoms with Gasteiger partial charge in [-0.15, -0.1) is 11.3 Å². The topological polar surface area (TPSA) is 86.9 Å². The fraction of sp³-hybridized carbons (Fsp3) is 0.455. The Balaban J connectivity index is 1.55. The van der Waals surface area contributed by atoms with Crippen LogP contribution in [0.4, 0.5) is 0 Å². The van der Waals surface area contributed by atoms with Crippen molar-refractivity contribution in [2.24, 2.45) is 5.92 Å². The van der Waals surface area contributed by atoms with Crippen molar-refractivity contribution >= 4 is 33.3 Å². The summed E-state index contributed by atoms with van der Waals surface area (Å²) in [5.41, 5.74) is 1.20. The molecule has 0 saturated carbocycles. The Labute approximate surface area is 187 Å². The van der Waals surface area contributed by atoms with Crippen molar-refractivity contribution in [3.8, 4) is 0 Å². The molecule has 4 aromatic heterocycles. The van der Waals surface area contributed by atoms with E-state index >= 15 is 0 Å². The summed E-state index contributed by atoms with van der Waals surface area (Å²) in [4.78, 5) is 25.1. The molecule has 1 atom stereocenters. The molecule has 9 heteroatoms. The second-order valence-corrected chi connectivity index (χ2v) is 10.4. The number of thiophene rings is 1. The number of nitrogens with zero attached hydrogens (tertiary/aromatic N) is 4. The van der Waals surface area contributed by atoms with E-state index in [1.807, 2.05) is 26.0 Å². The van der Waals surface area contributed by atoms with Gasteiger partial charge in [-0.1, -0.05) is 37.7 Å². The summed E-state index contributed by atoms with van der Waals surface area (Å²) in [6.07, 6.45) is 4.71. The third kappa shape index (κ3) is 3.96. The number of thioether (sulfide) groups is 1. The first-order valence-electron chi connectivity index (χ1n) is 10.5. The van der Waals surface area contributed by atoms with Crippen LogP contribution in [0.15, 0.2) is 37.3 Å². The lowest BCUT2D eigenvalue weighted by atomic mass is 9.89. The van der Waals surface area contributed by atoms with E-state index in [4.69, 9.17) is 13.9 Å². The molecule has 0 amide bonds. The molecule has 0 saturated heterocycles. The van der Waals surface area contributed by atoms with Crippen molar-refractivity contribution in [2.45, 2.75) is 63.4 Å². The maximum atomic E-state index is 13.6. The molecule has 0 fully saturated rings. The first kappa shape index (κ1) is 20.5. The maximum Gasteiger partial charge on any atom is 0.263 e. The van der Waals surface area contributed by atoms with E-state index in [0.717, 1.165) is 35.2 Å². The summed E-state index contributed by atoms with van der Waals surface area (Å²) in [6, 6.07) is 3.71. The van der Waals surface area contributed by atoms with Gasteiger partial charge in [0, 0.05) is 10.8 Å². The van der Waals surface area contributed by atoms with Crippen LogP contribution in [0.1, 0.15) is 61.0 Å². The molecule has 162 valence electrons. The van der Waals surface area contributed by atoms with Gasteiger partial charge in [-0.05, 0) is 42.9 Å². The van der Waals surface area contributed by atoms with E-state index in [1.54, 1.807) is 22.2 Å². The predicted molar refractivity (Wildman–Crippen MR) is 121 cm³/mol. The van der Waals surface area contributed by atoms with E-state index in [0.29, 0.717) is 35.1 Å². The predicted octanol–water partition coefficient (Wildman–Crippen LogP) is 5.02. The molecular weight excluding hydrogens is 432 g/mol. The number of hydrogen-bond donors (Lipinski definition) is 0. The van der Waals surface area contributed by atoms with Crippen molar-refractivity contribution in [1.82, 2.24) is 19.7 Å². The lowest BCUT2D eigenvalue weighted by Crippen LogP contribution is -2.24. The Bertz CT molecular complexity index is 1270. The molecule has 31 heavy (non-hydrogen) atoms. The minimum absolute atomic E-state index is 0.00403. The third-order valence-corrected chi connectivity index (χ3v) is 7.71. The molecule has 4 heterocycles. The van der Waals surface area contributed by atoms with Crippen molar-refractivity contribution in [3.05, 3.63) is 56.7 Å². The standard InChI is InChI=1S/C22H24N4O3S2/c1-12(2)19-23-17(29-25-19)11-30-22-24-20-18(15-7-6-13(3)9-16(15)31-20)21(27)26(22)10-14-5-4-8-28-14/h4-5,8,12-13H,6-7,9-11H2,1-3H3. The number of rotatable bonds is 6. The second kappa shape index (κ2) is 8.27. The average molecular weight is 457 g/mol. The SMILES string of the molecule is CC1CCc2c(sc3nc(SCc4nc(C(C)C)no4)n(Cc4ccco4)c(=O)c23)C1. The fourth-order valence-electron chi connectivity index (χ4n) is 3.90. The van der Waals surface area contributed by atoms with Gasteiger partial charge in [0.2, 0.25) is 5.89 Å². The normalized spacial score (nSPS) is 16.3.